The minimum atomic E-state index is -4.72. The average molecular weight is 352 g/mol. The molecule has 128 valence electrons. The van der Waals surface area contributed by atoms with E-state index in [0.717, 1.165) is 17.8 Å². The van der Waals surface area contributed by atoms with E-state index in [1.807, 2.05) is 0 Å². The molecule has 5 nitrogen and oxygen atoms in total. The van der Waals surface area contributed by atoms with Gasteiger partial charge >= 0.3 is 12.1 Å². The predicted octanol–water partition coefficient (Wildman–Crippen LogP) is 2.47. The molecule has 3 N–H and O–H groups in total. The van der Waals surface area contributed by atoms with Gasteiger partial charge in [0.25, 0.3) is 0 Å². The van der Waals surface area contributed by atoms with E-state index in [-0.39, 0.29) is 22.9 Å². The Balaban J connectivity index is 3.01. The molecule has 0 amide bonds. The van der Waals surface area contributed by atoms with Crippen LogP contribution in [0.5, 0.6) is 0 Å². The fourth-order valence-electron chi connectivity index (χ4n) is 1.86. The van der Waals surface area contributed by atoms with Gasteiger partial charge in [-0.3, -0.25) is 4.79 Å². The molecule has 0 spiro atoms. The Labute approximate surface area is 134 Å². The molecule has 1 aromatic carbocycles. The highest BCUT2D eigenvalue weighted by atomic mass is 32.2. The number of aliphatic hydroxyl groups is 2. The van der Waals surface area contributed by atoms with Crippen LogP contribution in [0.3, 0.4) is 0 Å². The van der Waals surface area contributed by atoms with Crippen LogP contribution in [0.25, 0.3) is 0 Å². The largest absolute Gasteiger partial charge is 0.478 e. The van der Waals surface area contributed by atoms with Crippen molar-refractivity contribution in [3.8, 4) is 0 Å². The summed E-state index contributed by atoms with van der Waals surface area (Å²) in [7, 11) is 0. The SMILES string of the molecule is CC(=O)SCCC(O)C(O)c1ccc(C(F)(F)F)cc1C(=O)O. The Bertz CT molecular complexity index is 588. The van der Waals surface area contributed by atoms with E-state index in [9.17, 15) is 33.0 Å². The van der Waals surface area contributed by atoms with Crippen LogP contribution in [0.2, 0.25) is 0 Å². The molecule has 0 heterocycles. The van der Waals surface area contributed by atoms with Crippen LogP contribution in [-0.4, -0.2) is 38.3 Å². The van der Waals surface area contributed by atoms with Crippen LogP contribution in [-0.2, 0) is 11.0 Å². The molecule has 0 aliphatic heterocycles. The molecular formula is C14H15F3O5S. The van der Waals surface area contributed by atoms with Crippen molar-refractivity contribution < 1.29 is 38.1 Å². The lowest BCUT2D eigenvalue weighted by Gasteiger charge is -2.20. The number of rotatable bonds is 6. The van der Waals surface area contributed by atoms with E-state index in [2.05, 4.69) is 0 Å². The summed E-state index contributed by atoms with van der Waals surface area (Å²) in [6, 6.07) is 1.89. The van der Waals surface area contributed by atoms with Crippen molar-refractivity contribution in [3.63, 3.8) is 0 Å². The van der Waals surface area contributed by atoms with Crippen LogP contribution >= 0.6 is 11.8 Å². The highest BCUT2D eigenvalue weighted by molar-refractivity contribution is 8.13. The third-order valence-electron chi connectivity index (χ3n) is 3.01. The fraction of sp³-hybridized carbons (Fsp3) is 0.429. The van der Waals surface area contributed by atoms with E-state index in [4.69, 9.17) is 5.11 Å². The van der Waals surface area contributed by atoms with Gasteiger partial charge in [-0.1, -0.05) is 17.8 Å². The van der Waals surface area contributed by atoms with Gasteiger partial charge in [-0.25, -0.2) is 4.79 Å². The van der Waals surface area contributed by atoms with Gasteiger partial charge in [0.05, 0.1) is 17.2 Å². The number of carbonyl (C=O) groups excluding carboxylic acids is 1. The van der Waals surface area contributed by atoms with Gasteiger partial charge in [0.2, 0.25) is 0 Å². The Kier molecular flexibility index (Phi) is 6.60. The maximum absolute atomic E-state index is 12.6. The van der Waals surface area contributed by atoms with Crippen LogP contribution in [0.15, 0.2) is 18.2 Å². The van der Waals surface area contributed by atoms with Crippen molar-refractivity contribution in [2.24, 2.45) is 0 Å². The highest BCUT2D eigenvalue weighted by Gasteiger charge is 2.33. The Morgan fingerprint density at radius 3 is 2.35 bits per heavy atom. The molecule has 0 aromatic heterocycles. The number of carbonyl (C=O) groups is 2. The number of carboxylic acid groups (broad SMARTS) is 1. The molecule has 2 unspecified atom stereocenters. The summed E-state index contributed by atoms with van der Waals surface area (Å²) in [5, 5.41) is 28.7. The van der Waals surface area contributed by atoms with Crippen molar-refractivity contribution in [2.75, 3.05) is 5.75 Å². The van der Waals surface area contributed by atoms with Crippen LogP contribution in [0, 0.1) is 0 Å². The Hall–Kier alpha value is -1.58. The van der Waals surface area contributed by atoms with Gasteiger partial charge in [0, 0.05) is 12.7 Å². The van der Waals surface area contributed by atoms with Gasteiger partial charge in [-0.2, -0.15) is 13.2 Å². The molecular weight excluding hydrogens is 337 g/mol. The zero-order valence-corrected chi connectivity index (χ0v) is 12.8. The number of thioether (sulfide) groups is 1. The summed E-state index contributed by atoms with van der Waals surface area (Å²) < 4.78 is 37.9. The number of aromatic carboxylic acids is 1. The summed E-state index contributed by atoms with van der Waals surface area (Å²) >= 11 is 0.913. The van der Waals surface area contributed by atoms with Crippen molar-refractivity contribution in [1.29, 1.82) is 0 Å². The van der Waals surface area contributed by atoms with E-state index < -0.39 is 35.5 Å². The number of carboxylic acids is 1. The smallest absolute Gasteiger partial charge is 0.416 e. The van der Waals surface area contributed by atoms with Crippen molar-refractivity contribution in [1.82, 2.24) is 0 Å². The molecule has 0 aliphatic carbocycles. The molecule has 23 heavy (non-hydrogen) atoms. The normalized spacial score (nSPS) is 14.3. The molecule has 0 aliphatic rings. The second-order valence-corrected chi connectivity index (χ2v) is 6.02. The maximum Gasteiger partial charge on any atom is 0.416 e. The zero-order chi connectivity index (χ0) is 17.8. The second kappa shape index (κ2) is 7.80. The minimum absolute atomic E-state index is 0.0223. The van der Waals surface area contributed by atoms with Crippen LogP contribution in [0.1, 0.15) is 40.9 Å². The summed E-state index contributed by atoms with van der Waals surface area (Å²) in [5.74, 6) is -1.45. The average Bonchev–Trinajstić information content (AvgIpc) is 2.44. The monoisotopic (exact) mass is 352 g/mol. The molecule has 0 radical (unpaired) electrons. The standard InChI is InChI=1S/C14H15F3O5S/c1-7(18)23-5-4-11(19)12(20)9-3-2-8(14(15,16)17)6-10(9)13(21)22/h2-3,6,11-12,19-20H,4-5H2,1H3,(H,21,22). The first-order chi connectivity index (χ1) is 10.5. The molecule has 0 bridgehead atoms. The lowest BCUT2D eigenvalue weighted by atomic mass is 9.95. The molecule has 9 heteroatoms. The van der Waals surface area contributed by atoms with Gasteiger partial charge in [0.1, 0.15) is 6.10 Å². The zero-order valence-electron chi connectivity index (χ0n) is 12.0. The van der Waals surface area contributed by atoms with E-state index in [1.54, 1.807) is 0 Å². The topological polar surface area (TPSA) is 94.8 Å². The third-order valence-corrected chi connectivity index (χ3v) is 3.86. The Morgan fingerprint density at radius 2 is 1.87 bits per heavy atom. The van der Waals surface area contributed by atoms with Crippen molar-refractivity contribution >= 4 is 22.8 Å². The van der Waals surface area contributed by atoms with Gasteiger partial charge < -0.3 is 15.3 Å². The number of hydrogen-bond acceptors (Lipinski definition) is 5. The maximum atomic E-state index is 12.6. The Morgan fingerprint density at radius 1 is 1.26 bits per heavy atom. The number of aliphatic hydroxyl groups excluding tert-OH is 2. The van der Waals surface area contributed by atoms with E-state index in [1.165, 1.54) is 6.92 Å². The first-order valence-electron chi connectivity index (χ1n) is 6.48. The van der Waals surface area contributed by atoms with Gasteiger partial charge in [-0.15, -0.1) is 0 Å². The summed E-state index contributed by atoms with van der Waals surface area (Å²) in [5.41, 5.74) is -2.20. The molecule has 0 saturated heterocycles. The van der Waals surface area contributed by atoms with Gasteiger partial charge in [0.15, 0.2) is 5.12 Å². The molecule has 2 atom stereocenters. The number of alkyl halides is 3. The first kappa shape index (κ1) is 19.5. The third kappa shape index (κ3) is 5.52. The molecule has 0 saturated carbocycles. The molecule has 1 rings (SSSR count). The predicted molar refractivity (Wildman–Crippen MR) is 77.1 cm³/mol. The van der Waals surface area contributed by atoms with Gasteiger partial charge in [-0.05, 0) is 24.1 Å². The number of halogens is 3. The lowest BCUT2D eigenvalue weighted by Crippen LogP contribution is -2.22. The molecule has 0 fully saturated rings. The number of hydrogen-bond donors (Lipinski definition) is 3. The lowest BCUT2D eigenvalue weighted by molar-refractivity contribution is -0.137. The van der Waals surface area contributed by atoms with Crippen molar-refractivity contribution in [2.45, 2.75) is 31.7 Å². The second-order valence-electron chi connectivity index (χ2n) is 4.75. The summed E-state index contributed by atoms with van der Waals surface area (Å²) in [6.45, 7) is 1.33. The van der Waals surface area contributed by atoms with E-state index >= 15 is 0 Å². The van der Waals surface area contributed by atoms with E-state index in [0.29, 0.717) is 12.1 Å². The highest BCUT2D eigenvalue weighted by Crippen LogP contribution is 2.33. The first-order valence-corrected chi connectivity index (χ1v) is 7.46. The fourth-order valence-corrected chi connectivity index (χ4v) is 2.51. The quantitative estimate of drug-likeness (QED) is 0.728. The van der Waals surface area contributed by atoms with Crippen LogP contribution < -0.4 is 0 Å². The molecule has 1 aromatic rings. The summed E-state index contributed by atoms with van der Waals surface area (Å²) in [4.78, 5) is 21.9. The minimum Gasteiger partial charge on any atom is -0.478 e. The number of benzene rings is 1. The van der Waals surface area contributed by atoms with Crippen molar-refractivity contribution in [3.05, 3.63) is 34.9 Å². The summed E-state index contributed by atoms with van der Waals surface area (Å²) in [6.07, 6.45) is -7.82. The van der Waals surface area contributed by atoms with Crippen LogP contribution in [0.4, 0.5) is 13.2 Å².